The van der Waals surface area contributed by atoms with Crippen LogP contribution in [-0.2, 0) is 19.6 Å². The number of aliphatic imine (C=N–C) groups is 1. The summed E-state index contributed by atoms with van der Waals surface area (Å²) in [4.78, 5) is 8.07. The molecule has 1 aromatic carbocycles. The van der Waals surface area contributed by atoms with Gasteiger partial charge in [0, 0.05) is 44.3 Å². The second-order valence-corrected chi connectivity index (χ2v) is 6.62. The lowest BCUT2D eigenvalue weighted by Crippen LogP contribution is -2.36. The van der Waals surface area contributed by atoms with Crippen molar-refractivity contribution in [3.05, 3.63) is 77.7 Å². The van der Waals surface area contributed by atoms with Crippen LogP contribution in [0, 0.1) is 0 Å². The monoisotopic (exact) mass is 560 g/mol. The molecule has 0 unspecified atom stereocenters. The molecule has 7 nitrogen and oxygen atoms in total. The molecule has 0 saturated heterocycles. The lowest BCUT2D eigenvalue weighted by Gasteiger charge is -2.16. The van der Waals surface area contributed by atoms with Gasteiger partial charge in [0.1, 0.15) is 0 Å². The van der Waals surface area contributed by atoms with Crippen molar-refractivity contribution in [3.63, 3.8) is 0 Å². The number of halogens is 4. The summed E-state index contributed by atoms with van der Waals surface area (Å²) in [5, 5.41) is 10.5. The number of hydrogen-bond donors (Lipinski definition) is 2. The Balaban J connectivity index is 0.00000363. The molecule has 0 bridgehead atoms. The van der Waals surface area contributed by atoms with Crippen LogP contribution in [0.15, 0.2) is 66.0 Å². The fourth-order valence-corrected chi connectivity index (χ4v) is 2.87. The molecule has 2 heterocycles. The molecule has 0 atom stereocenters. The van der Waals surface area contributed by atoms with Crippen LogP contribution in [0.3, 0.4) is 0 Å². The lowest BCUT2D eigenvalue weighted by atomic mass is 10.1. The fraction of sp³-hybridized carbons (Fsp3) is 0.286. The molecule has 0 aliphatic heterocycles. The van der Waals surface area contributed by atoms with Gasteiger partial charge in [-0.25, -0.2) is 4.98 Å². The van der Waals surface area contributed by atoms with Gasteiger partial charge < -0.3 is 15.4 Å². The Morgan fingerprint density at radius 1 is 1.00 bits per heavy atom. The van der Waals surface area contributed by atoms with Gasteiger partial charge in [0.2, 0.25) is 5.88 Å². The van der Waals surface area contributed by atoms with Gasteiger partial charge in [-0.05, 0) is 23.3 Å². The number of nitrogens with zero attached hydrogens (tertiary/aromatic N) is 4. The summed E-state index contributed by atoms with van der Waals surface area (Å²) in [6, 6.07) is 13.1. The van der Waals surface area contributed by atoms with Crippen molar-refractivity contribution in [1.29, 1.82) is 0 Å². The quantitative estimate of drug-likeness (QED) is 0.250. The summed E-state index contributed by atoms with van der Waals surface area (Å²) in [7, 11) is 1.62. The third kappa shape index (κ3) is 8.02. The van der Waals surface area contributed by atoms with Crippen molar-refractivity contribution in [1.82, 2.24) is 25.4 Å². The zero-order valence-electron chi connectivity index (χ0n) is 17.3. The first-order valence-electron chi connectivity index (χ1n) is 9.57. The largest absolute Gasteiger partial charge is 0.468 e. The highest BCUT2D eigenvalue weighted by molar-refractivity contribution is 14.0. The van der Waals surface area contributed by atoms with Gasteiger partial charge in [-0.1, -0.05) is 30.3 Å². The minimum atomic E-state index is -4.43. The first-order valence-corrected chi connectivity index (χ1v) is 9.57. The van der Waals surface area contributed by atoms with Gasteiger partial charge in [-0.15, -0.1) is 24.0 Å². The number of nitrogens with one attached hydrogen (secondary N) is 2. The summed E-state index contributed by atoms with van der Waals surface area (Å²) in [5.41, 5.74) is 2.69. The average Bonchev–Trinajstić information content (AvgIpc) is 3.26. The number of alkyl halides is 3. The molecule has 32 heavy (non-hydrogen) atoms. The number of guanidine groups is 1. The molecule has 0 saturated carbocycles. The number of ether oxygens (including phenoxy) is 1. The summed E-state index contributed by atoms with van der Waals surface area (Å²) < 4.78 is 44.0. The van der Waals surface area contributed by atoms with Crippen LogP contribution in [0.1, 0.15) is 16.7 Å². The summed E-state index contributed by atoms with van der Waals surface area (Å²) in [6.07, 6.45) is 0.594. The molecule has 2 N–H and O–H groups in total. The third-order valence-electron chi connectivity index (χ3n) is 4.35. The van der Waals surface area contributed by atoms with Crippen molar-refractivity contribution in [3.8, 4) is 5.88 Å². The van der Waals surface area contributed by atoms with Crippen molar-refractivity contribution in [2.75, 3.05) is 13.7 Å². The Labute approximate surface area is 201 Å². The Hall–Kier alpha value is -2.83. The Kier molecular flexibility index (Phi) is 9.75. The minimum Gasteiger partial charge on any atom is -0.468 e. The molecule has 3 aromatic rings. The van der Waals surface area contributed by atoms with E-state index in [-0.39, 0.29) is 36.4 Å². The molecule has 3 rings (SSSR count). The van der Waals surface area contributed by atoms with E-state index in [1.54, 1.807) is 25.4 Å². The van der Waals surface area contributed by atoms with Crippen LogP contribution in [0.4, 0.5) is 13.2 Å². The van der Waals surface area contributed by atoms with Crippen LogP contribution in [0.5, 0.6) is 5.88 Å². The molecule has 0 spiro atoms. The molecule has 0 aliphatic carbocycles. The topological polar surface area (TPSA) is 76.4 Å². The molecular formula is C21H24F3IN6O. The number of pyridine rings is 1. The summed E-state index contributed by atoms with van der Waals surface area (Å²) in [5.74, 6) is 0.437. The summed E-state index contributed by atoms with van der Waals surface area (Å²) in [6.45, 7) is -0.0271. The van der Waals surface area contributed by atoms with Gasteiger partial charge in [-0.3, -0.25) is 9.67 Å². The average molecular weight is 560 g/mol. The lowest BCUT2D eigenvalue weighted by molar-refractivity contribution is -0.154. The van der Waals surface area contributed by atoms with Gasteiger partial charge in [0.25, 0.3) is 0 Å². The maximum Gasteiger partial charge on any atom is 0.422 e. The van der Waals surface area contributed by atoms with E-state index in [0.717, 1.165) is 11.1 Å². The summed E-state index contributed by atoms with van der Waals surface area (Å²) >= 11 is 0. The van der Waals surface area contributed by atoms with Gasteiger partial charge in [0.15, 0.2) is 12.6 Å². The Bertz CT molecular complexity index is 995. The predicted molar refractivity (Wildman–Crippen MR) is 126 cm³/mol. The van der Waals surface area contributed by atoms with E-state index in [1.807, 2.05) is 41.2 Å². The van der Waals surface area contributed by atoms with E-state index in [9.17, 15) is 13.2 Å². The molecule has 0 radical (unpaired) electrons. The Morgan fingerprint density at radius 3 is 2.34 bits per heavy atom. The highest BCUT2D eigenvalue weighted by atomic mass is 127. The maximum absolute atomic E-state index is 12.5. The van der Waals surface area contributed by atoms with Crippen molar-refractivity contribution in [2.24, 2.45) is 4.99 Å². The van der Waals surface area contributed by atoms with Crippen LogP contribution in [0.2, 0.25) is 0 Å². The first-order chi connectivity index (χ1) is 14.9. The molecule has 11 heteroatoms. The molecular weight excluding hydrogens is 536 g/mol. The highest BCUT2D eigenvalue weighted by Crippen LogP contribution is 2.19. The first kappa shape index (κ1) is 25.4. The molecule has 2 aromatic heterocycles. The zero-order chi connectivity index (χ0) is 22.1. The number of benzene rings is 1. The number of rotatable bonds is 8. The molecule has 0 amide bonds. The second-order valence-electron chi connectivity index (χ2n) is 6.62. The fourth-order valence-electron chi connectivity index (χ4n) is 2.87. The zero-order valence-corrected chi connectivity index (χ0v) is 19.7. The minimum absolute atomic E-state index is 0. The van der Waals surface area contributed by atoms with Crippen LogP contribution >= 0.6 is 24.0 Å². The Morgan fingerprint density at radius 2 is 1.69 bits per heavy atom. The van der Waals surface area contributed by atoms with E-state index in [2.05, 4.69) is 25.7 Å². The van der Waals surface area contributed by atoms with Gasteiger partial charge >= 0.3 is 6.18 Å². The van der Waals surface area contributed by atoms with Crippen molar-refractivity contribution >= 4 is 29.9 Å². The van der Waals surface area contributed by atoms with E-state index >= 15 is 0 Å². The second kappa shape index (κ2) is 12.3. The van der Waals surface area contributed by atoms with Crippen LogP contribution < -0.4 is 15.4 Å². The van der Waals surface area contributed by atoms with E-state index in [4.69, 9.17) is 4.74 Å². The molecule has 0 fully saturated rings. The van der Waals surface area contributed by atoms with Crippen LogP contribution in [-0.4, -0.2) is 40.6 Å². The maximum atomic E-state index is 12.5. The number of aromatic nitrogens is 3. The van der Waals surface area contributed by atoms with E-state index < -0.39 is 12.8 Å². The third-order valence-corrected chi connectivity index (χ3v) is 4.35. The SMILES string of the molecule is CN=C(NCc1ccccc1Cn1cccn1)NCc1cccnc1OCC(F)(F)F.I. The predicted octanol–water partition coefficient (Wildman–Crippen LogP) is 3.75. The highest BCUT2D eigenvalue weighted by Gasteiger charge is 2.29. The van der Waals surface area contributed by atoms with Crippen LogP contribution in [0.25, 0.3) is 0 Å². The van der Waals surface area contributed by atoms with Crippen molar-refractivity contribution in [2.45, 2.75) is 25.8 Å². The number of hydrogen-bond acceptors (Lipinski definition) is 4. The normalized spacial score (nSPS) is 11.6. The molecule has 172 valence electrons. The van der Waals surface area contributed by atoms with E-state index in [1.165, 1.54) is 6.20 Å². The van der Waals surface area contributed by atoms with Crippen molar-refractivity contribution < 1.29 is 17.9 Å². The van der Waals surface area contributed by atoms with Gasteiger partial charge in [-0.2, -0.15) is 18.3 Å². The van der Waals surface area contributed by atoms with E-state index in [0.29, 0.717) is 24.6 Å². The van der Waals surface area contributed by atoms with Gasteiger partial charge in [0.05, 0.1) is 6.54 Å². The molecule has 0 aliphatic rings. The standard InChI is InChI=1S/C21H23F3N6O.HI/c1-25-20(28-13-17-8-4-9-26-19(17)31-15-21(22,23)24)27-12-16-6-2-3-7-18(16)14-30-11-5-10-29-30;/h2-11H,12-15H2,1H3,(H2,25,27,28);1H. The smallest absolute Gasteiger partial charge is 0.422 e.